The van der Waals surface area contributed by atoms with E-state index in [2.05, 4.69) is 126 Å². The predicted octanol–water partition coefficient (Wildman–Crippen LogP) is 12.2. The summed E-state index contributed by atoms with van der Waals surface area (Å²) >= 11 is 0. The lowest BCUT2D eigenvalue weighted by Gasteiger charge is -2.32. The molecule has 232 valence electrons. The molecule has 1 heterocycles. The first-order valence-electron chi connectivity index (χ1n) is 17.0. The number of rotatable bonds is 9. The van der Waals surface area contributed by atoms with E-state index in [-0.39, 0.29) is 0 Å². The Morgan fingerprint density at radius 2 is 0.837 bits per heavy atom. The van der Waals surface area contributed by atoms with Crippen molar-refractivity contribution in [3.8, 4) is 22.3 Å². The predicted molar refractivity (Wildman–Crippen MR) is 192 cm³/mol. The molecule has 0 amide bonds. The third-order valence-electron chi connectivity index (χ3n) is 9.48. The molecule has 2 heteroatoms. The van der Waals surface area contributed by atoms with E-state index in [9.17, 15) is 4.79 Å². The smallest absolute Gasteiger partial charge is 0.133 e. The highest BCUT2D eigenvalue weighted by atomic mass is 31.1. The molecule has 0 bridgehead atoms. The molecule has 0 N–H and O–H groups in total. The highest BCUT2D eigenvalue weighted by molar-refractivity contribution is 7.66. The normalized spacial score (nSPS) is 14.9. The number of hydrogen-bond donors (Lipinski definition) is 0. The summed E-state index contributed by atoms with van der Waals surface area (Å²) in [6.07, 6.45) is 3.46. The van der Waals surface area contributed by atoms with Crippen LogP contribution >= 0.6 is 7.92 Å². The van der Waals surface area contributed by atoms with E-state index in [0.717, 1.165) is 25.2 Å². The number of benzene rings is 3. The van der Waals surface area contributed by atoms with Crippen molar-refractivity contribution in [1.82, 2.24) is 0 Å². The average molecular weight is 597 g/mol. The van der Waals surface area contributed by atoms with Gasteiger partial charge in [-0.1, -0.05) is 133 Å². The third-order valence-corrected chi connectivity index (χ3v) is 12.1. The van der Waals surface area contributed by atoms with Gasteiger partial charge in [-0.05, 0) is 109 Å². The van der Waals surface area contributed by atoms with Crippen LogP contribution in [-0.4, -0.2) is 18.1 Å². The monoisotopic (exact) mass is 596 g/mol. The molecule has 1 aliphatic heterocycles. The van der Waals surface area contributed by atoms with Crippen molar-refractivity contribution < 1.29 is 4.79 Å². The summed E-state index contributed by atoms with van der Waals surface area (Å²) in [5, 5.41) is 1.55. The second kappa shape index (κ2) is 13.8. The molecule has 0 saturated carbocycles. The molecular formula is C41H57OP. The summed E-state index contributed by atoms with van der Waals surface area (Å²) in [7, 11) is -0.470. The average Bonchev–Trinajstić information content (AvgIpc) is 2.95. The zero-order valence-electron chi connectivity index (χ0n) is 29.2. The van der Waals surface area contributed by atoms with Gasteiger partial charge in [-0.2, -0.15) is 0 Å². The van der Waals surface area contributed by atoms with Gasteiger partial charge in [0.1, 0.15) is 5.78 Å². The minimum atomic E-state index is -0.470. The van der Waals surface area contributed by atoms with Crippen LogP contribution in [-0.2, 0) is 4.79 Å². The molecule has 1 aliphatic rings. The SMILES string of the molecule is CC(C)c1cc(C(C)C)c(-c2cccc(-c3c(C(C)C)cc(C(C)C)cc3C(C)C)c2P2CCC(=O)CC2)c(C(C)C)c1. The number of ketones is 1. The number of carbonyl (C=O) groups is 1. The van der Waals surface area contributed by atoms with Gasteiger partial charge in [0, 0.05) is 12.8 Å². The molecule has 0 aromatic heterocycles. The fraction of sp³-hybridized carbons (Fsp3) is 0.537. The molecule has 0 atom stereocenters. The summed E-state index contributed by atoms with van der Waals surface area (Å²) < 4.78 is 0. The lowest BCUT2D eigenvalue weighted by molar-refractivity contribution is -0.118. The van der Waals surface area contributed by atoms with Gasteiger partial charge in [-0.15, -0.1) is 0 Å². The number of Topliss-reactive ketones (excluding diaryl/α,β-unsaturated/α-hetero) is 1. The van der Waals surface area contributed by atoms with Crippen LogP contribution < -0.4 is 5.30 Å². The maximum Gasteiger partial charge on any atom is 0.133 e. The zero-order valence-corrected chi connectivity index (χ0v) is 30.1. The minimum absolute atomic E-state index is 0.422. The molecule has 3 aromatic rings. The van der Waals surface area contributed by atoms with Crippen LogP contribution in [0.3, 0.4) is 0 Å². The van der Waals surface area contributed by atoms with Gasteiger partial charge in [0.2, 0.25) is 0 Å². The van der Waals surface area contributed by atoms with Crippen LogP contribution in [0, 0.1) is 0 Å². The second-order valence-corrected chi connectivity index (χ2v) is 17.2. The van der Waals surface area contributed by atoms with Gasteiger partial charge in [0.25, 0.3) is 0 Å². The molecular weight excluding hydrogens is 539 g/mol. The standard InChI is InChI=1S/C41H57OP/c1-24(2)30-20-35(26(5)6)39(36(21-30)27(7)8)33-14-13-15-34(41(33)43-18-16-32(42)17-19-43)40-37(28(9)10)22-31(25(3)4)23-38(40)29(11)12/h13-15,20-29H,16-19H2,1-12H3. The summed E-state index contributed by atoms with van der Waals surface area (Å²) in [6.45, 7) is 28.2. The minimum Gasteiger partial charge on any atom is -0.300 e. The van der Waals surface area contributed by atoms with Crippen molar-refractivity contribution in [2.45, 2.75) is 131 Å². The van der Waals surface area contributed by atoms with Gasteiger partial charge < -0.3 is 0 Å². The van der Waals surface area contributed by atoms with E-state index < -0.39 is 7.92 Å². The molecule has 3 aromatic carbocycles. The summed E-state index contributed by atoms with van der Waals surface area (Å²) in [6, 6.07) is 17.2. The molecule has 0 spiro atoms. The quantitative estimate of drug-likeness (QED) is 0.225. The molecule has 0 radical (unpaired) electrons. The molecule has 0 aliphatic carbocycles. The summed E-state index contributed by atoms with van der Waals surface area (Å²) in [4.78, 5) is 12.5. The van der Waals surface area contributed by atoms with Crippen molar-refractivity contribution in [3.05, 3.63) is 75.8 Å². The Morgan fingerprint density at radius 1 is 0.512 bits per heavy atom. The molecule has 1 fully saturated rings. The Morgan fingerprint density at radius 3 is 1.12 bits per heavy atom. The Bertz CT molecular complexity index is 1290. The highest BCUT2D eigenvalue weighted by Gasteiger charge is 2.30. The number of carbonyl (C=O) groups excluding carboxylic acids is 1. The van der Waals surface area contributed by atoms with Gasteiger partial charge in [0.05, 0.1) is 0 Å². The van der Waals surface area contributed by atoms with E-state index in [4.69, 9.17) is 0 Å². The number of hydrogen-bond acceptors (Lipinski definition) is 1. The Labute approximate surface area is 265 Å². The van der Waals surface area contributed by atoms with Crippen LogP contribution in [0.1, 0.15) is 165 Å². The molecule has 0 unspecified atom stereocenters. The van der Waals surface area contributed by atoms with Crippen LogP contribution in [0.15, 0.2) is 42.5 Å². The van der Waals surface area contributed by atoms with Crippen molar-refractivity contribution in [1.29, 1.82) is 0 Å². The fourth-order valence-electron chi connectivity index (χ4n) is 6.80. The second-order valence-electron chi connectivity index (χ2n) is 14.8. The Balaban J connectivity index is 2.18. The van der Waals surface area contributed by atoms with Crippen LogP contribution in [0.2, 0.25) is 0 Å². The van der Waals surface area contributed by atoms with Crippen molar-refractivity contribution in [2.24, 2.45) is 0 Å². The van der Waals surface area contributed by atoms with E-state index >= 15 is 0 Å². The Hall–Kier alpha value is -2.24. The third kappa shape index (κ3) is 7.04. The van der Waals surface area contributed by atoms with Gasteiger partial charge >= 0.3 is 0 Å². The van der Waals surface area contributed by atoms with Gasteiger partial charge in [-0.3, -0.25) is 4.79 Å². The van der Waals surface area contributed by atoms with Crippen LogP contribution in [0.5, 0.6) is 0 Å². The summed E-state index contributed by atoms with van der Waals surface area (Å²) in [5.74, 6) is 3.11. The first kappa shape index (κ1) is 33.6. The van der Waals surface area contributed by atoms with Crippen LogP contribution in [0.25, 0.3) is 22.3 Å². The topological polar surface area (TPSA) is 17.1 Å². The van der Waals surface area contributed by atoms with E-state index in [1.807, 2.05) is 0 Å². The first-order valence-corrected chi connectivity index (χ1v) is 18.7. The van der Waals surface area contributed by atoms with E-state index in [1.165, 1.54) is 55.6 Å². The maximum absolute atomic E-state index is 12.5. The van der Waals surface area contributed by atoms with Gasteiger partial charge in [-0.25, -0.2) is 0 Å². The van der Waals surface area contributed by atoms with E-state index in [1.54, 1.807) is 5.30 Å². The summed E-state index contributed by atoms with van der Waals surface area (Å²) in [5.41, 5.74) is 14.5. The van der Waals surface area contributed by atoms with Crippen molar-refractivity contribution in [3.63, 3.8) is 0 Å². The van der Waals surface area contributed by atoms with E-state index in [0.29, 0.717) is 41.3 Å². The maximum atomic E-state index is 12.5. The van der Waals surface area contributed by atoms with Crippen molar-refractivity contribution >= 4 is 19.0 Å². The van der Waals surface area contributed by atoms with Gasteiger partial charge in [0.15, 0.2) is 0 Å². The lowest BCUT2D eigenvalue weighted by Crippen LogP contribution is -2.22. The Kier molecular flexibility index (Phi) is 10.8. The molecule has 1 saturated heterocycles. The largest absolute Gasteiger partial charge is 0.300 e. The first-order chi connectivity index (χ1) is 20.2. The fourth-order valence-corrected chi connectivity index (χ4v) is 9.56. The molecule has 1 nitrogen and oxygen atoms in total. The lowest BCUT2D eigenvalue weighted by atomic mass is 9.79. The van der Waals surface area contributed by atoms with Crippen LogP contribution in [0.4, 0.5) is 0 Å². The molecule has 43 heavy (non-hydrogen) atoms. The molecule has 4 rings (SSSR count). The van der Waals surface area contributed by atoms with Crippen molar-refractivity contribution in [2.75, 3.05) is 12.3 Å². The zero-order chi connectivity index (χ0) is 31.7. The highest BCUT2D eigenvalue weighted by Crippen LogP contribution is 2.50.